The van der Waals surface area contributed by atoms with Crippen molar-refractivity contribution in [2.45, 2.75) is 13.5 Å². The van der Waals surface area contributed by atoms with Crippen molar-refractivity contribution in [1.29, 1.82) is 0 Å². The first-order chi connectivity index (χ1) is 5.69. The Bertz CT molecular complexity index is 257. The van der Waals surface area contributed by atoms with Crippen LogP contribution in [0.5, 0.6) is 5.75 Å². The quantitative estimate of drug-likeness (QED) is 0.729. The van der Waals surface area contributed by atoms with Crippen molar-refractivity contribution in [1.82, 2.24) is 0 Å². The van der Waals surface area contributed by atoms with Gasteiger partial charge >= 0.3 is 0 Å². The lowest BCUT2D eigenvalue weighted by Crippen LogP contribution is -2.01. The topological polar surface area (TPSA) is 35.2 Å². The Balaban J connectivity index is 3.19. The van der Waals surface area contributed by atoms with E-state index in [2.05, 4.69) is 0 Å². The Morgan fingerprint density at radius 1 is 1.50 bits per heavy atom. The lowest BCUT2D eigenvalue weighted by atomic mass is 10.1. The third-order valence-corrected chi connectivity index (χ3v) is 1.78. The highest BCUT2D eigenvalue weighted by Crippen LogP contribution is 2.21. The molecule has 3 heteroatoms. The summed E-state index contributed by atoms with van der Waals surface area (Å²) in [6.07, 6.45) is 0. The molecular weight excluding hydrogens is 157 g/mol. The maximum Gasteiger partial charge on any atom is 0.129 e. The van der Waals surface area contributed by atoms with Crippen molar-refractivity contribution in [3.05, 3.63) is 29.1 Å². The van der Waals surface area contributed by atoms with Gasteiger partial charge in [0.15, 0.2) is 0 Å². The molecule has 0 bridgehead atoms. The van der Waals surface area contributed by atoms with E-state index in [0.717, 1.165) is 5.56 Å². The zero-order chi connectivity index (χ0) is 9.14. The van der Waals surface area contributed by atoms with Crippen LogP contribution in [0.3, 0.4) is 0 Å². The van der Waals surface area contributed by atoms with E-state index in [1.54, 1.807) is 13.0 Å². The SMILES string of the molecule is COc1cc(F)c(C)cc1CN. The van der Waals surface area contributed by atoms with Gasteiger partial charge in [-0.15, -0.1) is 0 Å². The van der Waals surface area contributed by atoms with Gasteiger partial charge in [0, 0.05) is 18.2 Å². The fourth-order valence-electron chi connectivity index (χ4n) is 1.07. The molecule has 1 rings (SSSR count). The summed E-state index contributed by atoms with van der Waals surface area (Å²) in [6.45, 7) is 2.07. The summed E-state index contributed by atoms with van der Waals surface area (Å²) < 4.78 is 17.9. The minimum Gasteiger partial charge on any atom is -0.496 e. The molecule has 0 aliphatic carbocycles. The molecule has 1 aromatic rings. The molecular formula is C9H12FNO. The molecule has 2 N–H and O–H groups in total. The fraction of sp³-hybridized carbons (Fsp3) is 0.333. The number of halogens is 1. The second kappa shape index (κ2) is 3.54. The molecule has 0 amide bonds. The average molecular weight is 169 g/mol. The molecule has 0 aliphatic heterocycles. The van der Waals surface area contributed by atoms with Gasteiger partial charge < -0.3 is 10.5 Å². The van der Waals surface area contributed by atoms with Crippen molar-refractivity contribution in [3.63, 3.8) is 0 Å². The van der Waals surface area contributed by atoms with Crippen LogP contribution in [-0.4, -0.2) is 7.11 Å². The van der Waals surface area contributed by atoms with E-state index in [4.69, 9.17) is 10.5 Å². The van der Waals surface area contributed by atoms with Gasteiger partial charge in [-0.25, -0.2) is 4.39 Å². The van der Waals surface area contributed by atoms with E-state index in [1.807, 2.05) is 0 Å². The van der Waals surface area contributed by atoms with Crippen LogP contribution in [0, 0.1) is 12.7 Å². The largest absolute Gasteiger partial charge is 0.496 e. The number of methoxy groups -OCH3 is 1. The molecule has 0 aliphatic rings. The van der Waals surface area contributed by atoms with Crippen molar-refractivity contribution in [2.24, 2.45) is 5.73 Å². The number of hydrogen-bond acceptors (Lipinski definition) is 2. The maximum atomic E-state index is 13.0. The molecule has 66 valence electrons. The molecule has 0 heterocycles. The van der Waals surface area contributed by atoms with Crippen LogP contribution in [-0.2, 0) is 6.54 Å². The molecule has 0 saturated heterocycles. The first-order valence-corrected chi connectivity index (χ1v) is 3.72. The zero-order valence-electron chi connectivity index (χ0n) is 7.23. The Labute approximate surface area is 71.1 Å². The predicted molar refractivity (Wildman–Crippen MR) is 45.6 cm³/mol. The molecule has 1 aromatic carbocycles. The van der Waals surface area contributed by atoms with E-state index in [-0.39, 0.29) is 5.82 Å². The highest BCUT2D eigenvalue weighted by molar-refractivity contribution is 5.37. The molecule has 0 spiro atoms. The first kappa shape index (κ1) is 9.00. The lowest BCUT2D eigenvalue weighted by Gasteiger charge is -2.07. The van der Waals surface area contributed by atoms with Crippen LogP contribution in [0.4, 0.5) is 4.39 Å². The second-order valence-electron chi connectivity index (χ2n) is 2.62. The van der Waals surface area contributed by atoms with E-state index >= 15 is 0 Å². The number of hydrogen-bond donors (Lipinski definition) is 1. The Morgan fingerprint density at radius 2 is 2.17 bits per heavy atom. The minimum absolute atomic E-state index is 0.260. The van der Waals surface area contributed by atoms with Gasteiger partial charge in [0.05, 0.1) is 7.11 Å². The van der Waals surface area contributed by atoms with Crippen molar-refractivity contribution in [2.75, 3.05) is 7.11 Å². The van der Waals surface area contributed by atoms with Crippen LogP contribution >= 0.6 is 0 Å². The van der Waals surface area contributed by atoms with Crippen LogP contribution in [0.2, 0.25) is 0 Å². The predicted octanol–water partition coefficient (Wildman–Crippen LogP) is 1.60. The van der Waals surface area contributed by atoms with E-state index < -0.39 is 0 Å². The van der Waals surface area contributed by atoms with Gasteiger partial charge in [-0.3, -0.25) is 0 Å². The molecule has 0 aromatic heterocycles. The summed E-state index contributed by atoms with van der Waals surface area (Å²) in [5, 5.41) is 0. The number of benzene rings is 1. The smallest absolute Gasteiger partial charge is 0.129 e. The highest BCUT2D eigenvalue weighted by Gasteiger charge is 2.05. The zero-order valence-corrected chi connectivity index (χ0v) is 7.23. The van der Waals surface area contributed by atoms with Gasteiger partial charge in [0.1, 0.15) is 11.6 Å². The van der Waals surface area contributed by atoms with Gasteiger partial charge in [-0.05, 0) is 18.6 Å². The second-order valence-corrected chi connectivity index (χ2v) is 2.62. The molecule has 0 radical (unpaired) electrons. The third-order valence-electron chi connectivity index (χ3n) is 1.78. The standard InChI is InChI=1S/C9H12FNO/c1-6-3-7(5-11)9(12-2)4-8(6)10/h3-4H,5,11H2,1-2H3. The van der Waals surface area contributed by atoms with Crippen LogP contribution in [0.1, 0.15) is 11.1 Å². The highest BCUT2D eigenvalue weighted by atomic mass is 19.1. The number of rotatable bonds is 2. The van der Waals surface area contributed by atoms with Gasteiger partial charge in [-0.2, -0.15) is 0 Å². The van der Waals surface area contributed by atoms with Gasteiger partial charge in [-0.1, -0.05) is 0 Å². The molecule has 12 heavy (non-hydrogen) atoms. The number of ether oxygens (including phenoxy) is 1. The average Bonchev–Trinajstić information content (AvgIpc) is 2.09. The first-order valence-electron chi connectivity index (χ1n) is 3.72. The monoisotopic (exact) mass is 169 g/mol. The summed E-state index contributed by atoms with van der Waals surface area (Å²) in [4.78, 5) is 0. The summed E-state index contributed by atoms with van der Waals surface area (Å²) in [5.74, 6) is 0.254. The van der Waals surface area contributed by atoms with Gasteiger partial charge in [0.2, 0.25) is 0 Å². The Hall–Kier alpha value is -1.09. The molecule has 0 fully saturated rings. The van der Waals surface area contributed by atoms with E-state index in [1.165, 1.54) is 13.2 Å². The molecule has 2 nitrogen and oxygen atoms in total. The molecule has 0 unspecified atom stereocenters. The summed E-state index contributed by atoms with van der Waals surface area (Å²) >= 11 is 0. The van der Waals surface area contributed by atoms with E-state index in [9.17, 15) is 4.39 Å². The number of nitrogens with two attached hydrogens (primary N) is 1. The summed E-state index contributed by atoms with van der Waals surface area (Å²) in [7, 11) is 1.50. The lowest BCUT2D eigenvalue weighted by molar-refractivity contribution is 0.406. The molecule has 0 saturated carbocycles. The van der Waals surface area contributed by atoms with Crippen LogP contribution in [0.15, 0.2) is 12.1 Å². The summed E-state index contributed by atoms with van der Waals surface area (Å²) in [6, 6.07) is 3.06. The van der Waals surface area contributed by atoms with Gasteiger partial charge in [0.25, 0.3) is 0 Å². The number of aryl methyl sites for hydroxylation is 1. The minimum atomic E-state index is -0.260. The third kappa shape index (κ3) is 1.56. The van der Waals surface area contributed by atoms with Crippen molar-refractivity contribution >= 4 is 0 Å². The van der Waals surface area contributed by atoms with Crippen LogP contribution < -0.4 is 10.5 Å². The maximum absolute atomic E-state index is 13.0. The van der Waals surface area contributed by atoms with Crippen molar-refractivity contribution < 1.29 is 9.13 Å². The summed E-state index contributed by atoms with van der Waals surface area (Å²) in [5.41, 5.74) is 6.87. The Morgan fingerprint density at radius 3 is 2.67 bits per heavy atom. The van der Waals surface area contributed by atoms with Crippen molar-refractivity contribution in [3.8, 4) is 5.75 Å². The molecule has 0 atom stereocenters. The normalized spacial score (nSPS) is 10.0. The van der Waals surface area contributed by atoms with Crippen LogP contribution in [0.25, 0.3) is 0 Å². The Kier molecular flexibility index (Phi) is 2.65. The van der Waals surface area contributed by atoms with E-state index in [0.29, 0.717) is 17.9 Å². The fourth-order valence-corrected chi connectivity index (χ4v) is 1.07.